The number of carbonyl (C=O) groups excluding carboxylic acids is 1. The van der Waals surface area contributed by atoms with Crippen molar-refractivity contribution in [2.24, 2.45) is 5.92 Å². The fraction of sp³-hybridized carbons (Fsp3) is 0.433. The van der Waals surface area contributed by atoms with Crippen LogP contribution in [0.25, 0.3) is 0 Å². The highest BCUT2D eigenvalue weighted by atomic mass is 16.5. The zero-order chi connectivity index (χ0) is 23.7. The van der Waals surface area contributed by atoms with Crippen molar-refractivity contribution >= 4 is 5.91 Å². The fourth-order valence-electron chi connectivity index (χ4n) is 5.84. The molecule has 178 valence electrons. The molecular weight excluding hydrogens is 420 g/mol. The molecule has 1 N–H and O–H groups in total. The third-order valence-electron chi connectivity index (χ3n) is 7.88. The van der Waals surface area contributed by atoms with Crippen molar-refractivity contribution in [3.63, 3.8) is 0 Å². The van der Waals surface area contributed by atoms with Gasteiger partial charge in [-0.2, -0.15) is 0 Å². The number of carbonyl (C=O) groups is 1. The zero-order valence-electron chi connectivity index (χ0n) is 20.6. The van der Waals surface area contributed by atoms with E-state index < -0.39 is 0 Å². The summed E-state index contributed by atoms with van der Waals surface area (Å²) < 4.78 is 5.84. The van der Waals surface area contributed by atoms with Crippen LogP contribution in [0, 0.1) is 5.92 Å². The Morgan fingerprint density at radius 3 is 2.65 bits per heavy atom. The molecule has 5 rings (SSSR count). The Morgan fingerprint density at radius 2 is 1.88 bits per heavy atom. The van der Waals surface area contributed by atoms with Crippen LogP contribution in [-0.2, 0) is 12.8 Å². The highest BCUT2D eigenvalue weighted by Crippen LogP contribution is 2.38. The molecule has 2 heterocycles. The maximum Gasteiger partial charge on any atom is 0.258 e. The van der Waals surface area contributed by atoms with Gasteiger partial charge in [0.15, 0.2) is 0 Å². The van der Waals surface area contributed by atoms with Crippen LogP contribution >= 0.6 is 0 Å². The van der Waals surface area contributed by atoms with E-state index in [-0.39, 0.29) is 11.9 Å². The van der Waals surface area contributed by atoms with E-state index in [0.29, 0.717) is 12.5 Å². The average molecular weight is 457 g/mol. The summed E-state index contributed by atoms with van der Waals surface area (Å²) in [6.45, 7) is 5.06. The lowest BCUT2D eigenvalue weighted by Crippen LogP contribution is -2.36. The molecule has 4 heteroatoms. The molecule has 0 saturated heterocycles. The predicted molar refractivity (Wildman–Crippen MR) is 137 cm³/mol. The molecule has 0 radical (unpaired) electrons. The van der Waals surface area contributed by atoms with Gasteiger partial charge in [-0.05, 0) is 72.4 Å². The smallest absolute Gasteiger partial charge is 0.258 e. The summed E-state index contributed by atoms with van der Waals surface area (Å²) in [5, 5.41) is 3.55. The van der Waals surface area contributed by atoms with Gasteiger partial charge in [0.05, 0.1) is 12.8 Å². The van der Waals surface area contributed by atoms with Gasteiger partial charge in [0, 0.05) is 30.8 Å². The highest BCUT2D eigenvalue weighted by Gasteiger charge is 2.30. The largest absolute Gasteiger partial charge is 0.496 e. The van der Waals surface area contributed by atoms with Crippen molar-refractivity contribution in [3.8, 4) is 5.75 Å². The van der Waals surface area contributed by atoms with Crippen LogP contribution in [0.3, 0.4) is 0 Å². The lowest BCUT2D eigenvalue weighted by atomic mass is 9.79. The Kier molecular flexibility index (Phi) is 6.49. The molecule has 1 unspecified atom stereocenters. The van der Waals surface area contributed by atoms with Crippen molar-refractivity contribution in [2.75, 3.05) is 13.7 Å². The zero-order valence-corrected chi connectivity index (χ0v) is 20.6. The standard InChI is InChI=1S/C30H36N2O2/c1-4-32-28-19-31-26(17-25(28)15-23-7-5-6-8-27(23)30(32)33)16-24-14-13-22(18-29(24)34-3)21-11-9-20(2)10-12-21/h5-8,13-14,17-21,26,31H,4,9-12,15-16H2,1-3H3. The van der Waals surface area contributed by atoms with E-state index in [2.05, 4.69) is 42.6 Å². The molecule has 3 aliphatic rings. The van der Waals surface area contributed by atoms with Gasteiger partial charge < -0.3 is 15.0 Å². The number of rotatable bonds is 5. The summed E-state index contributed by atoms with van der Waals surface area (Å²) >= 11 is 0. The van der Waals surface area contributed by atoms with Crippen molar-refractivity contribution in [2.45, 2.75) is 64.3 Å². The van der Waals surface area contributed by atoms with Crippen molar-refractivity contribution < 1.29 is 9.53 Å². The van der Waals surface area contributed by atoms with Crippen molar-refractivity contribution in [1.29, 1.82) is 0 Å². The number of nitrogens with zero attached hydrogens (tertiary/aromatic N) is 1. The van der Waals surface area contributed by atoms with E-state index in [1.54, 1.807) is 7.11 Å². The Balaban J connectivity index is 1.38. The minimum absolute atomic E-state index is 0.0855. The molecule has 2 aromatic rings. The van der Waals surface area contributed by atoms with E-state index in [1.165, 1.54) is 42.4 Å². The van der Waals surface area contributed by atoms with Crippen LogP contribution in [0.15, 0.2) is 66.0 Å². The molecule has 2 aliphatic heterocycles. The van der Waals surface area contributed by atoms with Crippen LogP contribution < -0.4 is 10.1 Å². The Labute approximate surface area is 203 Å². The second kappa shape index (κ2) is 9.69. The second-order valence-corrected chi connectivity index (χ2v) is 10.1. The molecule has 34 heavy (non-hydrogen) atoms. The van der Waals surface area contributed by atoms with E-state index in [0.717, 1.165) is 41.3 Å². The average Bonchev–Trinajstić information content (AvgIpc) is 2.98. The lowest BCUT2D eigenvalue weighted by molar-refractivity contribution is 0.0816. The maximum absolute atomic E-state index is 13.2. The number of methoxy groups -OCH3 is 1. The lowest BCUT2D eigenvalue weighted by Gasteiger charge is -2.29. The predicted octanol–water partition coefficient (Wildman–Crippen LogP) is 5.99. The number of likely N-dealkylation sites (N-methyl/N-ethyl adjacent to an activating group) is 1. The normalized spacial score (nSPS) is 24.3. The second-order valence-electron chi connectivity index (χ2n) is 10.1. The number of dihydropyridines is 1. The molecule has 1 atom stereocenters. The SMILES string of the molecule is CCN1C(=O)c2ccccc2CC2=CC(Cc3ccc(C4CCC(C)CC4)cc3OC)NC=C21. The molecular formula is C30H36N2O2. The van der Waals surface area contributed by atoms with Gasteiger partial charge >= 0.3 is 0 Å². The van der Waals surface area contributed by atoms with Crippen LogP contribution in [-0.4, -0.2) is 30.5 Å². The third kappa shape index (κ3) is 4.38. The molecule has 1 aliphatic carbocycles. The molecule has 4 nitrogen and oxygen atoms in total. The van der Waals surface area contributed by atoms with E-state index in [1.807, 2.05) is 36.2 Å². The first-order valence-corrected chi connectivity index (χ1v) is 12.8. The molecule has 1 amide bonds. The van der Waals surface area contributed by atoms with Crippen molar-refractivity contribution in [1.82, 2.24) is 10.2 Å². The maximum atomic E-state index is 13.2. The summed E-state index contributed by atoms with van der Waals surface area (Å²) in [5.74, 6) is 2.59. The van der Waals surface area contributed by atoms with Crippen LogP contribution in [0.4, 0.5) is 0 Å². The number of amides is 1. The summed E-state index contributed by atoms with van der Waals surface area (Å²) in [7, 11) is 1.78. The van der Waals surface area contributed by atoms with Gasteiger partial charge in [-0.1, -0.05) is 56.2 Å². The fourth-order valence-corrected chi connectivity index (χ4v) is 5.84. The summed E-state index contributed by atoms with van der Waals surface area (Å²) in [4.78, 5) is 15.1. The molecule has 1 fully saturated rings. The first-order chi connectivity index (χ1) is 16.6. The first-order valence-electron chi connectivity index (χ1n) is 12.8. The van der Waals surface area contributed by atoms with Gasteiger partial charge in [-0.25, -0.2) is 0 Å². The molecule has 2 aromatic carbocycles. The van der Waals surface area contributed by atoms with Crippen LogP contribution in [0.5, 0.6) is 5.75 Å². The number of benzene rings is 2. The Bertz CT molecular complexity index is 1120. The van der Waals surface area contributed by atoms with Crippen LogP contribution in [0.2, 0.25) is 0 Å². The number of nitrogens with one attached hydrogen (secondary N) is 1. The van der Waals surface area contributed by atoms with Crippen molar-refractivity contribution in [3.05, 3.63) is 88.3 Å². The van der Waals surface area contributed by atoms with Gasteiger partial charge in [-0.3, -0.25) is 4.79 Å². The summed E-state index contributed by atoms with van der Waals surface area (Å²) in [6, 6.07) is 15.0. The number of allylic oxidation sites excluding steroid dienone is 1. The van der Waals surface area contributed by atoms with Gasteiger partial charge in [0.1, 0.15) is 5.75 Å². The van der Waals surface area contributed by atoms with E-state index >= 15 is 0 Å². The van der Waals surface area contributed by atoms with Crippen LogP contribution in [0.1, 0.15) is 72.5 Å². The summed E-state index contributed by atoms with van der Waals surface area (Å²) in [5.41, 5.74) is 6.77. The monoisotopic (exact) mass is 456 g/mol. The Hall–Kier alpha value is -3.01. The van der Waals surface area contributed by atoms with E-state index in [9.17, 15) is 4.79 Å². The third-order valence-corrected chi connectivity index (χ3v) is 7.88. The first kappa shape index (κ1) is 22.8. The quantitative estimate of drug-likeness (QED) is 0.601. The Morgan fingerprint density at radius 1 is 1.09 bits per heavy atom. The number of hydrogen-bond donors (Lipinski definition) is 1. The van der Waals surface area contributed by atoms with Gasteiger partial charge in [0.25, 0.3) is 5.91 Å². The van der Waals surface area contributed by atoms with E-state index in [4.69, 9.17) is 4.74 Å². The van der Waals surface area contributed by atoms with Gasteiger partial charge in [-0.15, -0.1) is 0 Å². The molecule has 1 saturated carbocycles. The number of ether oxygens (including phenoxy) is 1. The topological polar surface area (TPSA) is 41.6 Å². The molecule has 0 spiro atoms. The minimum Gasteiger partial charge on any atom is -0.496 e. The molecule has 0 aromatic heterocycles. The number of hydrogen-bond acceptors (Lipinski definition) is 3. The highest BCUT2D eigenvalue weighted by molar-refractivity contribution is 5.98. The number of fused-ring (bicyclic) bond motifs is 2. The minimum atomic E-state index is 0.0855. The van der Waals surface area contributed by atoms with Gasteiger partial charge in [0.2, 0.25) is 0 Å². The molecule has 0 bridgehead atoms. The summed E-state index contributed by atoms with van der Waals surface area (Å²) in [6.07, 6.45) is 11.2.